The highest BCUT2D eigenvalue weighted by molar-refractivity contribution is 5.94. The van der Waals surface area contributed by atoms with Gasteiger partial charge in [-0.1, -0.05) is 0 Å². The lowest BCUT2D eigenvalue weighted by Crippen LogP contribution is -2.33. The number of ether oxygens (including phenoxy) is 1. The topological polar surface area (TPSA) is 41.6 Å². The Morgan fingerprint density at radius 1 is 1.22 bits per heavy atom. The molecule has 3 rings (SSSR count). The Morgan fingerprint density at radius 2 is 1.91 bits per heavy atom. The Labute approximate surface area is 138 Å². The number of nitrogens with zero attached hydrogens (tertiary/aromatic N) is 1. The number of alkyl halides is 3. The van der Waals surface area contributed by atoms with Gasteiger partial charge < -0.3 is 15.0 Å². The molecule has 1 spiro atoms. The van der Waals surface area contributed by atoms with Crippen LogP contribution in [0.2, 0.25) is 0 Å². The van der Waals surface area contributed by atoms with Crippen LogP contribution < -0.4 is 10.1 Å². The number of halogens is 4. The van der Waals surface area contributed by atoms with Crippen molar-refractivity contribution in [1.29, 1.82) is 0 Å². The Morgan fingerprint density at radius 3 is 2.48 bits per heavy atom. The molecule has 0 aromatic heterocycles. The molecule has 0 radical (unpaired) electrons. The Hall–Kier alpha value is -1.47. The first kappa shape index (κ1) is 17.9. The third-order valence-electron chi connectivity index (χ3n) is 4.39. The first-order valence-corrected chi connectivity index (χ1v) is 7.23. The lowest BCUT2D eigenvalue weighted by atomic mass is 9.86. The zero-order valence-corrected chi connectivity index (χ0v) is 13.2. The third-order valence-corrected chi connectivity index (χ3v) is 4.39. The largest absolute Gasteiger partial charge is 0.573 e. The van der Waals surface area contributed by atoms with Gasteiger partial charge in [0.2, 0.25) is 0 Å². The molecule has 128 valence electrons. The summed E-state index contributed by atoms with van der Waals surface area (Å²) in [7, 11) is 0. The first-order chi connectivity index (χ1) is 10.4. The van der Waals surface area contributed by atoms with Gasteiger partial charge in [-0.2, -0.15) is 0 Å². The van der Waals surface area contributed by atoms with Gasteiger partial charge in [0, 0.05) is 30.6 Å². The zero-order chi connectivity index (χ0) is 15.8. The minimum atomic E-state index is -4.72. The standard InChI is InChI=1S/C15H17F3N2O2.ClH/c16-15(17,18)22-12-3-1-11(2-4-12)13(21)20-8-6-14(10-20)5-7-19-9-14;/h1-4,19H,5-10H2;1H. The van der Waals surface area contributed by atoms with Crippen LogP contribution in [0.1, 0.15) is 23.2 Å². The molecule has 2 saturated heterocycles. The second-order valence-corrected chi connectivity index (χ2v) is 5.98. The molecule has 2 aliphatic heterocycles. The minimum Gasteiger partial charge on any atom is -0.406 e. The number of hydrogen-bond acceptors (Lipinski definition) is 3. The number of hydrogen-bond donors (Lipinski definition) is 1. The van der Waals surface area contributed by atoms with Crippen molar-refractivity contribution in [1.82, 2.24) is 10.2 Å². The summed E-state index contributed by atoms with van der Waals surface area (Å²) >= 11 is 0. The molecule has 1 atom stereocenters. The van der Waals surface area contributed by atoms with Crippen LogP contribution in [0.25, 0.3) is 0 Å². The molecule has 0 bridgehead atoms. The van der Waals surface area contributed by atoms with Crippen molar-refractivity contribution in [3.63, 3.8) is 0 Å². The highest BCUT2D eigenvalue weighted by Crippen LogP contribution is 2.36. The summed E-state index contributed by atoms with van der Waals surface area (Å²) in [5.74, 6) is -0.454. The van der Waals surface area contributed by atoms with E-state index in [1.165, 1.54) is 24.3 Å². The number of carbonyl (C=O) groups is 1. The summed E-state index contributed by atoms with van der Waals surface area (Å²) in [5.41, 5.74) is 0.562. The molecule has 1 aromatic carbocycles. The van der Waals surface area contributed by atoms with Crippen molar-refractivity contribution in [3.05, 3.63) is 29.8 Å². The molecule has 1 aromatic rings. The van der Waals surface area contributed by atoms with E-state index in [1.54, 1.807) is 4.90 Å². The molecule has 2 heterocycles. The third kappa shape index (κ3) is 4.09. The molecule has 1 amide bonds. The number of amides is 1. The number of carbonyl (C=O) groups excluding carboxylic acids is 1. The van der Waals surface area contributed by atoms with Gasteiger partial charge in [-0.25, -0.2) is 0 Å². The van der Waals surface area contributed by atoms with E-state index in [9.17, 15) is 18.0 Å². The monoisotopic (exact) mass is 350 g/mol. The molecule has 2 aliphatic rings. The van der Waals surface area contributed by atoms with Gasteiger partial charge in [-0.3, -0.25) is 4.79 Å². The predicted octanol–water partition coefficient (Wildman–Crippen LogP) is 2.83. The summed E-state index contributed by atoms with van der Waals surface area (Å²) in [6, 6.07) is 5.09. The molecular weight excluding hydrogens is 333 g/mol. The van der Waals surface area contributed by atoms with Crippen LogP contribution in [0, 0.1) is 5.41 Å². The van der Waals surface area contributed by atoms with Crippen LogP contribution in [0.3, 0.4) is 0 Å². The molecule has 2 fully saturated rings. The lowest BCUT2D eigenvalue weighted by Gasteiger charge is -2.22. The summed E-state index contributed by atoms with van der Waals surface area (Å²) < 4.78 is 40.1. The number of benzene rings is 1. The number of nitrogens with one attached hydrogen (secondary N) is 1. The Balaban J connectivity index is 0.00000192. The van der Waals surface area contributed by atoms with Gasteiger partial charge in [-0.05, 0) is 43.7 Å². The fourth-order valence-corrected chi connectivity index (χ4v) is 3.23. The van der Waals surface area contributed by atoms with E-state index in [2.05, 4.69) is 10.1 Å². The van der Waals surface area contributed by atoms with Crippen LogP contribution in [0.4, 0.5) is 13.2 Å². The molecule has 0 aliphatic carbocycles. The Kier molecular flexibility index (Phi) is 5.10. The van der Waals surface area contributed by atoms with E-state index in [1.807, 2.05) is 0 Å². The number of rotatable bonds is 2. The second kappa shape index (κ2) is 6.57. The van der Waals surface area contributed by atoms with Gasteiger partial charge in [-0.15, -0.1) is 25.6 Å². The van der Waals surface area contributed by atoms with E-state index in [0.717, 1.165) is 25.9 Å². The first-order valence-electron chi connectivity index (χ1n) is 7.23. The van der Waals surface area contributed by atoms with E-state index in [4.69, 9.17) is 0 Å². The maximum Gasteiger partial charge on any atom is 0.573 e. The van der Waals surface area contributed by atoms with Crippen molar-refractivity contribution in [2.24, 2.45) is 5.41 Å². The van der Waals surface area contributed by atoms with E-state index < -0.39 is 6.36 Å². The molecule has 8 heteroatoms. The Bertz CT molecular complexity index is 557. The summed E-state index contributed by atoms with van der Waals surface area (Å²) in [6.07, 6.45) is -2.68. The van der Waals surface area contributed by atoms with Gasteiger partial charge in [0.25, 0.3) is 5.91 Å². The normalized spacial score (nSPS) is 23.9. The highest BCUT2D eigenvalue weighted by atomic mass is 35.5. The van der Waals surface area contributed by atoms with Crippen molar-refractivity contribution >= 4 is 18.3 Å². The van der Waals surface area contributed by atoms with Gasteiger partial charge in [0.05, 0.1) is 0 Å². The number of likely N-dealkylation sites (tertiary alicyclic amines) is 1. The van der Waals surface area contributed by atoms with Crippen LogP contribution in [-0.4, -0.2) is 43.3 Å². The molecule has 1 unspecified atom stereocenters. The predicted molar refractivity (Wildman–Crippen MR) is 80.8 cm³/mol. The van der Waals surface area contributed by atoms with E-state index >= 15 is 0 Å². The van der Waals surface area contributed by atoms with Gasteiger partial charge >= 0.3 is 6.36 Å². The molecule has 1 N–H and O–H groups in total. The SMILES string of the molecule is Cl.O=C(c1ccc(OC(F)(F)F)cc1)N1CCC2(CCNC2)C1. The quantitative estimate of drug-likeness (QED) is 0.891. The van der Waals surface area contributed by atoms with E-state index in [0.29, 0.717) is 18.7 Å². The summed E-state index contributed by atoms with van der Waals surface area (Å²) in [4.78, 5) is 14.2. The van der Waals surface area contributed by atoms with Crippen molar-refractivity contribution in [2.75, 3.05) is 26.2 Å². The van der Waals surface area contributed by atoms with Crippen LogP contribution in [0.5, 0.6) is 5.75 Å². The maximum absolute atomic E-state index is 12.4. The van der Waals surface area contributed by atoms with Crippen molar-refractivity contribution < 1.29 is 22.7 Å². The summed E-state index contributed by atoms with van der Waals surface area (Å²) in [5, 5.41) is 3.32. The summed E-state index contributed by atoms with van der Waals surface area (Å²) in [6.45, 7) is 3.31. The molecule has 23 heavy (non-hydrogen) atoms. The smallest absolute Gasteiger partial charge is 0.406 e. The van der Waals surface area contributed by atoms with Crippen LogP contribution in [0.15, 0.2) is 24.3 Å². The molecule has 4 nitrogen and oxygen atoms in total. The second-order valence-electron chi connectivity index (χ2n) is 5.98. The molecule has 0 saturated carbocycles. The van der Waals surface area contributed by atoms with Gasteiger partial charge in [0.1, 0.15) is 5.75 Å². The van der Waals surface area contributed by atoms with E-state index in [-0.39, 0.29) is 29.5 Å². The van der Waals surface area contributed by atoms with Crippen LogP contribution in [-0.2, 0) is 0 Å². The molecular formula is C15H18ClF3N2O2. The zero-order valence-electron chi connectivity index (χ0n) is 12.4. The fraction of sp³-hybridized carbons (Fsp3) is 0.533. The van der Waals surface area contributed by atoms with Gasteiger partial charge in [0.15, 0.2) is 0 Å². The maximum atomic E-state index is 12.4. The fourth-order valence-electron chi connectivity index (χ4n) is 3.23. The lowest BCUT2D eigenvalue weighted by molar-refractivity contribution is -0.274. The minimum absolute atomic E-state index is 0. The van der Waals surface area contributed by atoms with Crippen molar-refractivity contribution in [3.8, 4) is 5.75 Å². The van der Waals surface area contributed by atoms with Crippen LogP contribution >= 0.6 is 12.4 Å². The highest BCUT2D eigenvalue weighted by Gasteiger charge is 2.42. The van der Waals surface area contributed by atoms with Crippen molar-refractivity contribution in [2.45, 2.75) is 19.2 Å². The average Bonchev–Trinajstić information content (AvgIpc) is 3.08. The average molecular weight is 351 g/mol.